The zero-order valence-electron chi connectivity index (χ0n) is 13.2. The summed E-state index contributed by atoms with van der Waals surface area (Å²) in [5.74, 6) is -0.0508. The minimum absolute atomic E-state index is 0. The molecular weight excluding hydrogens is 310 g/mol. The average molecular weight is 332 g/mol. The fourth-order valence-corrected chi connectivity index (χ4v) is 3.07. The molecule has 5 heteroatoms. The number of carbonyl (C=O) groups is 1. The first-order valence-electron chi connectivity index (χ1n) is 7.62. The fourth-order valence-electron chi connectivity index (χ4n) is 3.07. The van der Waals surface area contributed by atoms with Gasteiger partial charge < -0.3 is 16.0 Å². The van der Waals surface area contributed by atoms with Crippen LogP contribution in [0.5, 0.6) is 0 Å². The summed E-state index contributed by atoms with van der Waals surface area (Å²) in [6.07, 6.45) is 2.15. The Labute approximate surface area is 143 Å². The molecule has 0 saturated heterocycles. The first kappa shape index (κ1) is 17.2. The van der Waals surface area contributed by atoms with E-state index in [9.17, 15) is 4.79 Å². The number of hydrogen-bond acceptors (Lipinski definition) is 3. The predicted octanol–water partition coefficient (Wildman–Crippen LogP) is 3.00. The van der Waals surface area contributed by atoms with Crippen molar-refractivity contribution in [3.8, 4) is 0 Å². The molecule has 0 aromatic heterocycles. The second-order valence-corrected chi connectivity index (χ2v) is 5.65. The van der Waals surface area contributed by atoms with Crippen molar-refractivity contribution in [2.45, 2.75) is 19.4 Å². The van der Waals surface area contributed by atoms with Gasteiger partial charge in [-0.1, -0.05) is 18.2 Å². The Bertz CT molecular complexity index is 702. The van der Waals surface area contributed by atoms with E-state index in [0.717, 1.165) is 37.2 Å². The number of nitrogens with zero attached hydrogens (tertiary/aromatic N) is 1. The van der Waals surface area contributed by atoms with Gasteiger partial charge in [-0.2, -0.15) is 0 Å². The van der Waals surface area contributed by atoms with Crippen LogP contribution in [-0.4, -0.2) is 19.5 Å². The lowest BCUT2D eigenvalue weighted by molar-refractivity contribution is 0.0963. The maximum Gasteiger partial charge on any atom is 0.251 e. The Hall–Kier alpha value is -2.20. The van der Waals surface area contributed by atoms with Gasteiger partial charge in [-0.25, -0.2) is 0 Å². The van der Waals surface area contributed by atoms with Crippen molar-refractivity contribution in [2.75, 3.05) is 24.2 Å². The van der Waals surface area contributed by atoms with Gasteiger partial charge in [-0.15, -0.1) is 12.4 Å². The zero-order valence-corrected chi connectivity index (χ0v) is 14.0. The number of nitrogens with two attached hydrogens (primary N) is 1. The fraction of sp³-hybridized carbons (Fsp3) is 0.278. The van der Waals surface area contributed by atoms with Crippen molar-refractivity contribution in [1.29, 1.82) is 0 Å². The molecule has 0 atom stereocenters. The highest BCUT2D eigenvalue weighted by molar-refractivity contribution is 5.94. The molecule has 1 heterocycles. The van der Waals surface area contributed by atoms with Gasteiger partial charge in [0.1, 0.15) is 0 Å². The van der Waals surface area contributed by atoms with Gasteiger partial charge in [0.15, 0.2) is 0 Å². The van der Waals surface area contributed by atoms with Gasteiger partial charge in [0.25, 0.3) is 5.91 Å². The molecule has 0 unspecified atom stereocenters. The number of nitrogen functional groups attached to an aromatic ring is 1. The summed E-state index contributed by atoms with van der Waals surface area (Å²) in [5, 5.41) is 2.67. The SMILES string of the molecule is CNC(=O)c1cccc(CN2CCCc3c(N)cccc32)c1.Cl. The van der Waals surface area contributed by atoms with E-state index in [1.807, 2.05) is 30.3 Å². The highest BCUT2D eigenvalue weighted by Crippen LogP contribution is 2.32. The molecule has 122 valence electrons. The summed E-state index contributed by atoms with van der Waals surface area (Å²) < 4.78 is 0. The lowest BCUT2D eigenvalue weighted by Gasteiger charge is -2.32. The number of anilines is 2. The number of benzene rings is 2. The number of rotatable bonds is 3. The topological polar surface area (TPSA) is 58.4 Å². The predicted molar refractivity (Wildman–Crippen MR) is 97.3 cm³/mol. The number of hydrogen-bond donors (Lipinski definition) is 2. The summed E-state index contributed by atoms with van der Waals surface area (Å²) in [7, 11) is 1.65. The Morgan fingerprint density at radius 1 is 1.26 bits per heavy atom. The third-order valence-corrected chi connectivity index (χ3v) is 4.17. The minimum atomic E-state index is -0.0508. The van der Waals surface area contributed by atoms with Gasteiger partial charge in [0.2, 0.25) is 0 Å². The van der Waals surface area contributed by atoms with Crippen LogP contribution in [0.2, 0.25) is 0 Å². The van der Waals surface area contributed by atoms with E-state index in [2.05, 4.69) is 22.3 Å². The van der Waals surface area contributed by atoms with Crippen molar-refractivity contribution in [3.63, 3.8) is 0 Å². The Morgan fingerprint density at radius 3 is 2.83 bits per heavy atom. The molecule has 0 aliphatic carbocycles. The normalized spacial score (nSPS) is 13.0. The average Bonchev–Trinajstić information content (AvgIpc) is 2.55. The van der Waals surface area contributed by atoms with Gasteiger partial charge in [0, 0.05) is 37.1 Å². The van der Waals surface area contributed by atoms with Gasteiger partial charge in [0.05, 0.1) is 0 Å². The number of amides is 1. The monoisotopic (exact) mass is 331 g/mol. The van der Waals surface area contributed by atoms with Crippen molar-refractivity contribution in [3.05, 3.63) is 59.2 Å². The van der Waals surface area contributed by atoms with Crippen LogP contribution in [0.4, 0.5) is 11.4 Å². The van der Waals surface area contributed by atoms with E-state index in [4.69, 9.17) is 5.73 Å². The van der Waals surface area contributed by atoms with Crippen molar-refractivity contribution in [2.24, 2.45) is 0 Å². The molecule has 0 bridgehead atoms. The van der Waals surface area contributed by atoms with E-state index < -0.39 is 0 Å². The smallest absolute Gasteiger partial charge is 0.251 e. The van der Waals surface area contributed by atoms with E-state index in [0.29, 0.717) is 5.56 Å². The van der Waals surface area contributed by atoms with Crippen LogP contribution in [0.25, 0.3) is 0 Å². The van der Waals surface area contributed by atoms with Crippen LogP contribution in [0.3, 0.4) is 0 Å². The number of halogens is 1. The van der Waals surface area contributed by atoms with E-state index in [1.165, 1.54) is 11.3 Å². The van der Waals surface area contributed by atoms with Crippen molar-refractivity contribution in [1.82, 2.24) is 5.32 Å². The first-order valence-corrected chi connectivity index (χ1v) is 7.62. The van der Waals surface area contributed by atoms with Gasteiger partial charge in [-0.05, 0) is 48.2 Å². The molecule has 0 radical (unpaired) electrons. The molecule has 4 nitrogen and oxygen atoms in total. The maximum absolute atomic E-state index is 11.8. The zero-order chi connectivity index (χ0) is 15.5. The number of nitrogens with one attached hydrogen (secondary N) is 1. The highest BCUT2D eigenvalue weighted by Gasteiger charge is 2.18. The maximum atomic E-state index is 11.8. The van der Waals surface area contributed by atoms with E-state index in [1.54, 1.807) is 7.05 Å². The molecular formula is C18H22ClN3O. The molecule has 1 amide bonds. The lowest BCUT2D eigenvalue weighted by atomic mass is 9.99. The third-order valence-electron chi connectivity index (χ3n) is 4.17. The van der Waals surface area contributed by atoms with Gasteiger partial charge in [-0.3, -0.25) is 4.79 Å². The van der Waals surface area contributed by atoms with Crippen molar-refractivity contribution < 1.29 is 4.79 Å². The molecule has 3 rings (SSSR count). The second kappa shape index (κ2) is 7.38. The molecule has 0 saturated carbocycles. The summed E-state index contributed by atoms with van der Waals surface area (Å²) in [6.45, 7) is 1.81. The third kappa shape index (κ3) is 3.59. The van der Waals surface area contributed by atoms with Crippen LogP contribution in [-0.2, 0) is 13.0 Å². The van der Waals surface area contributed by atoms with Crippen LogP contribution < -0.4 is 16.0 Å². The molecule has 1 aliphatic rings. The largest absolute Gasteiger partial charge is 0.398 e. The van der Waals surface area contributed by atoms with Crippen LogP contribution >= 0.6 is 12.4 Å². The molecule has 0 spiro atoms. The molecule has 2 aromatic rings. The summed E-state index contributed by atoms with van der Waals surface area (Å²) in [4.78, 5) is 14.1. The summed E-state index contributed by atoms with van der Waals surface area (Å²) >= 11 is 0. The Kier molecular flexibility index (Phi) is 5.50. The minimum Gasteiger partial charge on any atom is -0.398 e. The molecule has 1 aliphatic heterocycles. The first-order chi connectivity index (χ1) is 10.7. The highest BCUT2D eigenvalue weighted by atomic mass is 35.5. The Morgan fingerprint density at radius 2 is 2.04 bits per heavy atom. The summed E-state index contributed by atoms with van der Waals surface area (Å²) in [6, 6.07) is 13.9. The lowest BCUT2D eigenvalue weighted by Crippen LogP contribution is -2.29. The van der Waals surface area contributed by atoms with Crippen molar-refractivity contribution >= 4 is 29.7 Å². The second-order valence-electron chi connectivity index (χ2n) is 5.65. The van der Waals surface area contributed by atoms with Crippen LogP contribution in [0.1, 0.15) is 27.9 Å². The Balaban J connectivity index is 0.00000192. The molecule has 0 fully saturated rings. The summed E-state index contributed by atoms with van der Waals surface area (Å²) in [5.41, 5.74) is 11.3. The van der Waals surface area contributed by atoms with Gasteiger partial charge >= 0.3 is 0 Å². The number of fused-ring (bicyclic) bond motifs is 1. The quantitative estimate of drug-likeness (QED) is 0.850. The molecule has 2 aromatic carbocycles. The molecule has 3 N–H and O–H groups in total. The van der Waals surface area contributed by atoms with Crippen LogP contribution in [0.15, 0.2) is 42.5 Å². The number of carbonyl (C=O) groups excluding carboxylic acids is 1. The molecule has 23 heavy (non-hydrogen) atoms. The van der Waals surface area contributed by atoms with E-state index >= 15 is 0 Å². The standard InChI is InChI=1S/C18H21N3O.ClH/c1-20-18(22)14-6-2-5-13(11-14)12-21-10-4-7-15-16(19)8-3-9-17(15)21;/h2-3,5-6,8-9,11H,4,7,10,12,19H2,1H3,(H,20,22);1H. The van der Waals surface area contributed by atoms with Crippen LogP contribution in [0, 0.1) is 0 Å². The van der Waals surface area contributed by atoms with E-state index in [-0.39, 0.29) is 18.3 Å².